The van der Waals surface area contributed by atoms with Gasteiger partial charge in [0.05, 0.1) is 16.6 Å². The zero-order valence-corrected chi connectivity index (χ0v) is 30.8. The van der Waals surface area contributed by atoms with Gasteiger partial charge in [-0.1, -0.05) is 146 Å². The van der Waals surface area contributed by atoms with Crippen molar-refractivity contribution in [3.05, 3.63) is 182 Å². The summed E-state index contributed by atoms with van der Waals surface area (Å²) in [7, 11) is 0. The van der Waals surface area contributed by atoms with Crippen molar-refractivity contribution in [2.45, 2.75) is 0 Å². The first kappa shape index (κ1) is 31.2. The van der Waals surface area contributed by atoms with E-state index in [-0.39, 0.29) is 0 Å². The van der Waals surface area contributed by atoms with E-state index in [2.05, 4.69) is 126 Å². The molecule has 0 radical (unpaired) electrons. The fraction of sp³-hybridized carbons (Fsp3) is 0. The molecule has 0 saturated heterocycles. The van der Waals surface area contributed by atoms with Crippen LogP contribution in [-0.2, 0) is 0 Å². The lowest BCUT2D eigenvalue weighted by molar-refractivity contribution is 1.07. The summed E-state index contributed by atoms with van der Waals surface area (Å²) in [6, 6.07) is 65.0. The molecule has 4 heterocycles. The molecule has 4 nitrogen and oxygen atoms in total. The summed E-state index contributed by atoms with van der Waals surface area (Å²) in [6.07, 6.45) is 0. The molecule has 0 bridgehead atoms. The fourth-order valence-corrected chi connectivity index (χ4v) is 9.82. The number of benzene rings is 8. The molecule has 0 aliphatic carbocycles. The Balaban J connectivity index is 1.12. The number of thiophene rings is 1. The first-order valence-corrected chi connectivity index (χ1v) is 19.7. The Hall–Kier alpha value is -7.21. The SMILES string of the molecule is c1ccc(-c2nc(-c3ccccc3)nc(-c3cccc(-c4ccc5c(c4)c4ccc6sc7cccc8c9ccccc9c9ccccc9n5c4c6c78)c3)n2)cc1. The minimum absolute atomic E-state index is 0.645. The van der Waals surface area contributed by atoms with Crippen LogP contribution in [-0.4, -0.2) is 19.4 Å². The monoisotopic (exact) mass is 730 g/mol. The fourth-order valence-electron chi connectivity index (χ4n) is 8.69. The topological polar surface area (TPSA) is 43.1 Å². The molecule has 8 aromatic carbocycles. The van der Waals surface area contributed by atoms with E-state index in [0.717, 1.165) is 27.8 Å². The van der Waals surface area contributed by atoms with Gasteiger partial charge in [0.15, 0.2) is 17.5 Å². The van der Waals surface area contributed by atoms with Crippen LogP contribution in [0.2, 0.25) is 0 Å². The van der Waals surface area contributed by atoms with Crippen molar-refractivity contribution >= 4 is 80.4 Å². The van der Waals surface area contributed by atoms with Crippen LogP contribution < -0.4 is 0 Å². The number of para-hydroxylation sites is 1. The van der Waals surface area contributed by atoms with Gasteiger partial charge in [-0.3, -0.25) is 0 Å². The molecule has 5 heteroatoms. The van der Waals surface area contributed by atoms with Gasteiger partial charge in [0.2, 0.25) is 0 Å². The van der Waals surface area contributed by atoms with Crippen LogP contribution in [0.25, 0.3) is 114 Å². The maximum absolute atomic E-state index is 5.02. The number of rotatable bonds is 4. The highest BCUT2D eigenvalue weighted by molar-refractivity contribution is 7.26. The normalized spacial score (nSPS) is 11.9. The van der Waals surface area contributed by atoms with Gasteiger partial charge in [-0.05, 0) is 63.7 Å². The molecule has 12 aromatic rings. The molecular formula is C51H30N4S. The lowest BCUT2D eigenvalue weighted by Crippen LogP contribution is -2.00. The minimum atomic E-state index is 0.645. The van der Waals surface area contributed by atoms with Gasteiger partial charge in [-0.2, -0.15) is 0 Å². The van der Waals surface area contributed by atoms with Crippen molar-refractivity contribution in [3.63, 3.8) is 0 Å². The van der Waals surface area contributed by atoms with E-state index in [4.69, 9.17) is 15.0 Å². The summed E-state index contributed by atoms with van der Waals surface area (Å²) in [4.78, 5) is 15.0. The molecule has 4 aromatic heterocycles. The summed E-state index contributed by atoms with van der Waals surface area (Å²) < 4.78 is 5.13. The predicted octanol–water partition coefficient (Wildman–Crippen LogP) is 13.8. The Kier molecular flexibility index (Phi) is 6.76. The maximum Gasteiger partial charge on any atom is 0.164 e. The molecular weight excluding hydrogens is 701 g/mol. The van der Waals surface area contributed by atoms with E-state index < -0.39 is 0 Å². The van der Waals surface area contributed by atoms with Crippen molar-refractivity contribution < 1.29 is 0 Å². The second-order valence-electron chi connectivity index (χ2n) is 14.4. The van der Waals surface area contributed by atoms with E-state index in [9.17, 15) is 0 Å². The summed E-state index contributed by atoms with van der Waals surface area (Å²) in [5.41, 5.74) is 8.73. The van der Waals surface area contributed by atoms with E-state index in [1.165, 1.54) is 69.0 Å². The standard InChI is InChI=1S/C51H30N4S/c1-3-13-31(14-4-1)49-52-50(32-15-5-2-6-16-32)54-51(53-49)35-18-11-17-33(29-35)34-25-27-43-41(30-34)40-26-28-45-47-46-39(22-12-24-44(46)56-45)37-20-8-7-19-36(37)38-21-9-10-23-42(38)55(43)48(40)47/h1-30H. The number of aromatic nitrogens is 4. The summed E-state index contributed by atoms with van der Waals surface area (Å²) in [6.45, 7) is 0. The Morgan fingerprint density at radius 3 is 1.61 bits per heavy atom. The number of fused-ring (bicyclic) bond motifs is 8. The molecule has 56 heavy (non-hydrogen) atoms. The quantitative estimate of drug-likeness (QED) is 0.181. The minimum Gasteiger partial charge on any atom is -0.308 e. The van der Waals surface area contributed by atoms with Gasteiger partial charge in [-0.15, -0.1) is 11.3 Å². The smallest absolute Gasteiger partial charge is 0.164 e. The van der Waals surface area contributed by atoms with Crippen LogP contribution in [0.1, 0.15) is 0 Å². The van der Waals surface area contributed by atoms with Crippen LogP contribution >= 0.6 is 11.3 Å². The van der Waals surface area contributed by atoms with Crippen molar-refractivity contribution in [3.8, 4) is 45.3 Å². The largest absolute Gasteiger partial charge is 0.308 e. The third kappa shape index (κ3) is 4.68. The zero-order chi connectivity index (χ0) is 36.7. The van der Waals surface area contributed by atoms with E-state index >= 15 is 0 Å². The van der Waals surface area contributed by atoms with Crippen molar-refractivity contribution in [2.24, 2.45) is 0 Å². The first-order valence-electron chi connectivity index (χ1n) is 18.9. The van der Waals surface area contributed by atoms with Gasteiger partial charge in [-0.25, -0.2) is 15.0 Å². The summed E-state index contributed by atoms with van der Waals surface area (Å²) >= 11 is 1.88. The second-order valence-corrected chi connectivity index (χ2v) is 15.4. The molecule has 260 valence electrons. The van der Waals surface area contributed by atoms with Gasteiger partial charge >= 0.3 is 0 Å². The molecule has 0 atom stereocenters. The molecule has 0 N–H and O–H groups in total. The van der Waals surface area contributed by atoms with Crippen molar-refractivity contribution in [1.82, 2.24) is 19.4 Å². The summed E-state index contributed by atoms with van der Waals surface area (Å²) in [5, 5.41) is 10.1. The molecule has 0 spiro atoms. The molecule has 0 aliphatic rings. The molecule has 0 saturated carbocycles. The average Bonchev–Trinajstić information content (AvgIpc) is 3.83. The van der Waals surface area contributed by atoms with Gasteiger partial charge in [0.1, 0.15) is 0 Å². The Labute approximate surface area is 325 Å². The Bertz CT molecular complexity index is 3460. The molecule has 0 fully saturated rings. The average molecular weight is 731 g/mol. The van der Waals surface area contributed by atoms with Gasteiger partial charge in [0.25, 0.3) is 0 Å². The Morgan fingerprint density at radius 1 is 0.321 bits per heavy atom. The van der Waals surface area contributed by atoms with E-state index in [1.54, 1.807) is 0 Å². The van der Waals surface area contributed by atoms with Crippen LogP contribution in [0, 0.1) is 0 Å². The lowest BCUT2D eigenvalue weighted by Gasteiger charge is -2.10. The van der Waals surface area contributed by atoms with Crippen LogP contribution in [0.3, 0.4) is 0 Å². The second kappa shape index (κ2) is 12.2. The van der Waals surface area contributed by atoms with Crippen LogP contribution in [0.15, 0.2) is 182 Å². The van der Waals surface area contributed by atoms with Gasteiger partial charge < -0.3 is 4.40 Å². The van der Waals surface area contributed by atoms with Crippen LogP contribution in [0.4, 0.5) is 0 Å². The third-order valence-electron chi connectivity index (χ3n) is 11.2. The molecule has 12 rings (SSSR count). The zero-order valence-electron chi connectivity index (χ0n) is 30.0. The highest BCUT2D eigenvalue weighted by Crippen LogP contribution is 2.46. The van der Waals surface area contributed by atoms with E-state index in [0.29, 0.717) is 17.5 Å². The molecule has 0 unspecified atom stereocenters. The van der Waals surface area contributed by atoms with E-state index in [1.807, 2.05) is 72.0 Å². The van der Waals surface area contributed by atoms with Gasteiger partial charge in [0, 0.05) is 53.0 Å². The first-order chi connectivity index (χ1) is 27.8. The number of nitrogens with zero attached hydrogens (tertiary/aromatic N) is 4. The maximum atomic E-state index is 5.02. The van der Waals surface area contributed by atoms with Crippen LogP contribution in [0.5, 0.6) is 0 Å². The summed E-state index contributed by atoms with van der Waals surface area (Å²) in [5.74, 6) is 1.95. The highest BCUT2D eigenvalue weighted by atomic mass is 32.1. The Morgan fingerprint density at radius 2 is 0.857 bits per heavy atom. The van der Waals surface area contributed by atoms with Crippen molar-refractivity contribution in [1.29, 1.82) is 0 Å². The molecule has 0 aliphatic heterocycles. The predicted molar refractivity (Wildman–Crippen MR) is 235 cm³/mol. The van der Waals surface area contributed by atoms with Crippen molar-refractivity contribution in [2.75, 3.05) is 0 Å². The number of hydrogen-bond acceptors (Lipinski definition) is 4. The lowest BCUT2D eigenvalue weighted by atomic mass is 9.99. The molecule has 0 amide bonds. The highest BCUT2D eigenvalue weighted by Gasteiger charge is 2.20. The number of hydrogen-bond donors (Lipinski definition) is 0. The third-order valence-corrected chi connectivity index (χ3v) is 12.3.